The van der Waals surface area contributed by atoms with Gasteiger partial charge in [0.25, 0.3) is 0 Å². The number of ether oxygens (including phenoxy) is 1. The molecule has 0 radical (unpaired) electrons. The fourth-order valence-corrected chi connectivity index (χ4v) is 5.66. The maximum Gasteiger partial charge on any atom is 0.410 e. The second kappa shape index (κ2) is 5.32. The number of amidine groups is 1. The highest BCUT2D eigenvalue weighted by molar-refractivity contribution is 7.94. The molecular formula is C15H20N4O5S. The van der Waals surface area contributed by atoms with Crippen molar-refractivity contribution in [2.75, 3.05) is 12.3 Å². The molecule has 3 heterocycles. The van der Waals surface area contributed by atoms with Crippen molar-refractivity contribution in [3.8, 4) is 5.88 Å². The Morgan fingerprint density at radius 2 is 2.12 bits per heavy atom. The highest BCUT2D eigenvalue weighted by Gasteiger charge is 2.58. The van der Waals surface area contributed by atoms with E-state index in [1.807, 2.05) is 0 Å². The number of rotatable bonds is 0. The third-order valence-electron chi connectivity index (χ3n) is 4.89. The normalized spacial score (nSPS) is 29.2. The average molecular weight is 368 g/mol. The van der Waals surface area contributed by atoms with Gasteiger partial charge in [0.1, 0.15) is 16.1 Å². The molecule has 136 valence electrons. The van der Waals surface area contributed by atoms with Gasteiger partial charge in [-0.05, 0) is 26.8 Å². The van der Waals surface area contributed by atoms with Crippen molar-refractivity contribution in [2.24, 2.45) is 4.99 Å². The van der Waals surface area contributed by atoms with Crippen LogP contribution < -0.4 is 15.8 Å². The number of amides is 1. The van der Waals surface area contributed by atoms with E-state index in [-0.39, 0.29) is 24.7 Å². The van der Waals surface area contributed by atoms with Gasteiger partial charge in [-0.1, -0.05) is 0 Å². The summed E-state index contributed by atoms with van der Waals surface area (Å²) >= 11 is 0. The van der Waals surface area contributed by atoms with E-state index in [0.29, 0.717) is 11.3 Å². The molecule has 0 bridgehead atoms. The van der Waals surface area contributed by atoms with Gasteiger partial charge in [0.15, 0.2) is 9.84 Å². The molecule has 0 spiro atoms. The molecule has 3 rings (SSSR count). The summed E-state index contributed by atoms with van der Waals surface area (Å²) < 4.78 is 30.7. The second-order valence-corrected chi connectivity index (χ2v) is 9.52. The monoisotopic (exact) mass is 368 g/mol. The quantitative estimate of drug-likeness (QED) is 0.617. The number of nitrogens with two attached hydrogens (primary N) is 1. The van der Waals surface area contributed by atoms with E-state index in [2.05, 4.69) is 15.3 Å². The Bertz CT molecular complexity index is 880. The van der Waals surface area contributed by atoms with Crippen LogP contribution in [0.4, 0.5) is 10.5 Å². The van der Waals surface area contributed by atoms with Crippen molar-refractivity contribution < 1.29 is 23.1 Å². The molecule has 0 unspecified atom stereocenters. The lowest BCUT2D eigenvalue weighted by Crippen LogP contribution is -2.61. The first-order valence-electron chi connectivity index (χ1n) is 7.72. The van der Waals surface area contributed by atoms with Gasteiger partial charge >= 0.3 is 6.09 Å². The Morgan fingerprint density at radius 3 is 2.76 bits per heavy atom. The summed E-state index contributed by atoms with van der Waals surface area (Å²) in [6.45, 7) is 4.70. The predicted molar refractivity (Wildman–Crippen MR) is 91.5 cm³/mol. The molecule has 2 aliphatic heterocycles. The molecule has 10 heteroatoms. The van der Waals surface area contributed by atoms with Crippen molar-refractivity contribution in [3.05, 3.63) is 17.8 Å². The third kappa shape index (κ3) is 2.43. The second-order valence-electron chi connectivity index (χ2n) is 6.84. The van der Waals surface area contributed by atoms with Gasteiger partial charge < -0.3 is 15.6 Å². The lowest BCUT2D eigenvalue weighted by molar-refractivity contribution is 0.199. The number of carboxylic acid groups (broad SMARTS) is 1. The van der Waals surface area contributed by atoms with Crippen LogP contribution in [-0.4, -0.2) is 47.0 Å². The minimum Gasteiger partial charge on any atom is -0.477 e. The molecule has 2 atom stereocenters. The number of nitrogens with zero attached hydrogens (tertiary/aromatic N) is 2. The van der Waals surface area contributed by atoms with Crippen LogP contribution in [0.5, 0.6) is 5.88 Å². The van der Waals surface area contributed by atoms with Crippen molar-refractivity contribution in [1.29, 1.82) is 0 Å². The maximum absolute atomic E-state index is 13.3. The Labute approximate surface area is 145 Å². The number of nitrogen functional groups attached to an aromatic ring is 1. The minimum absolute atomic E-state index is 0.131. The summed E-state index contributed by atoms with van der Waals surface area (Å²) in [6, 6.07) is 1.58. The summed E-state index contributed by atoms with van der Waals surface area (Å²) in [5, 5.41) is 10.4. The van der Waals surface area contributed by atoms with Gasteiger partial charge in [-0.15, -0.1) is 0 Å². The van der Waals surface area contributed by atoms with Crippen molar-refractivity contribution in [1.82, 2.24) is 10.3 Å². The first-order valence-corrected chi connectivity index (χ1v) is 9.27. The molecule has 0 aromatic carbocycles. The fraction of sp³-hybridized carbons (Fsp3) is 0.533. The number of aliphatic imine (C=N–C) groups is 1. The van der Waals surface area contributed by atoms with E-state index in [0.717, 1.165) is 0 Å². The van der Waals surface area contributed by atoms with Gasteiger partial charge in [-0.2, -0.15) is 0 Å². The molecule has 1 amide bonds. The zero-order valence-electron chi connectivity index (χ0n) is 14.1. The van der Waals surface area contributed by atoms with Gasteiger partial charge in [0.2, 0.25) is 5.88 Å². The molecule has 9 nitrogen and oxygen atoms in total. The van der Waals surface area contributed by atoms with Crippen LogP contribution in [0.1, 0.15) is 32.8 Å². The Morgan fingerprint density at radius 1 is 1.44 bits per heavy atom. The van der Waals surface area contributed by atoms with Crippen LogP contribution in [0.25, 0.3) is 0 Å². The Balaban J connectivity index is 2.33. The summed E-state index contributed by atoms with van der Waals surface area (Å²) in [5.74, 6) is 0.126. The van der Waals surface area contributed by atoms with Gasteiger partial charge in [-0.25, -0.2) is 18.2 Å². The molecule has 0 aliphatic carbocycles. The van der Waals surface area contributed by atoms with Crippen LogP contribution in [-0.2, 0) is 15.4 Å². The first kappa shape index (κ1) is 17.5. The number of hydrogen-bond acceptors (Lipinski definition) is 7. The summed E-state index contributed by atoms with van der Waals surface area (Å²) in [5.41, 5.74) is 5.33. The van der Waals surface area contributed by atoms with E-state index in [1.165, 1.54) is 20.0 Å². The number of hydrogen-bond donors (Lipinski definition) is 3. The lowest BCUT2D eigenvalue weighted by Gasteiger charge is -2.43. The average Bonchev–Trinajstić information content (AvgIpc) is 2.63. The number of sulfone groups is 1. The first-order chi connectivity index (χ1) is 11.5. The van der Waals surface area contributed by atoms with Crippen molar-refractivity contribution in [2.45, 2.75) is 42.7 Å². The van der Waals surface area contributed by atoms with Crippen LogP contribution in [0, 0.1) is 0 Å². The van der Waals surface area contributed by atoms with Gasteiger partial charge in [0.05, 0.1) is 23.7 Å². The molecule has 0 saturated carbocycles. The van der Waals surface area contributed by atoms with Gasteiger partial charge in [-0.3, -0.25) is 10.3 Å². The van der Waals surface area contributed by atoms with Crippen molar-refractivity contribution >= 4 is 27.5 Å². The number of pyridine rings is 1. The highest BCUT2D eigenvalue weighted by Crippen LogP contribution is 2.48. The minimum atomic E-state index is -3.80. The van der Waals surface area contributed by atoms with E-state index >= 15 is 0 Å². The molecule has 1 aromatic heterocycles. The smallest absolute Gasteiger partial charge is 0.410 e. The molecule has 4 N–H and O–H groups in total. The Hall–Kier alpha value is -2.36. The Kier molecular flexibility index (Phi) is 3.71. The molecule has 2 aliphatic rings. The topological polar surface area (TPSA) is 144 Å². The van der Waals surface area contributed by atoms with E-state index in [9.17, 15) is 13.2 Å². The maximum atomic E-state index is 13.3. The van der Waals surface area contributed by atoms with Crippen LogP contribution in [0.2, 0.25) is 0 Å². The number of aromatic nitrogens is 1. The summed E-state index contributed by atoms with van der Waals surface area (Å²) in [7, 11) is -3.80. The predicted octanol–water partition coefficient (Wildman–Crippen LogP) is 0.903. The van der Waals surface area contributed by atoms with Crippen LogP contribution in [0.15, 0.2) is 17.3 Å². The number of nitrogens with one attached hydrogen (secondary N) is 1. The number of fused-ring (bicyclic) bond motifs is 3. The zero-order chi connectivity index (χ0) is 18.6. The molecule has 0 saturated heterocycles. The van der Waals surface area contributed by atoms with Crippen LogP contribution >= 0.6 is 0 Å². The largest absolute Gasteiger partial charge is 0.477 e. The highest BCUT2D eigenvalue weighted by atomic mass is 32.2. The molecular weight excluding hydrogens is 348 g/mol. The van der Waals surface area contributed by atoms with Crippen LogP contribution in [0.3, 0.4) is 0 Å². The lowest BCUT2D eigenvalue weighted by atomic mass is 9.87. The van der Waals surface area contributed by atoms with E-state index in [1.54, 1.807) is 13.0 Å². The zero-order valence-corrected chi connectivity index (χ0v) is 14.9. The van der Waals surface area contributed by atoms with Crippen molar-refractivity contribution in [3.63, 3.8) is 0 Å². The van der Waals surface area contributed by atoms with E-state index in [4.69, 9.17) is 15.6 Å². The fourth-order valence-electron chi connectivity index (χ4n) is 3.39. The third-order valence-corrected chi connectivity index (χ3v) is 7.95. The number of anilines is 1. The molecule has 1 aromatic rings. The molecule has 25 heavy (non-hydrogen) atoms. The standard InChI is InChI=1S/C15H20N4O5S/c1-14(2)12(18-13(20)21)19-15(3)9-6-8(16)7-17-11(9)24-5-4-10(15)25(14,22)23/h6-7,10H,4-5,16H2,1-3H3,(H,18,19)(H,20,21)/t10-,15+/m0/s1. The number of carbonyl (C=O) groups is 1. The SMILES string of the molecule is CC1(C)C(NC(=O)O)=N[C@]2(C)c3cc(N)cnc3OCC[C@@H]2S1(=O)=O. The molecule has 0 fully saturated rings. The summed E-state index contributed by atoms with van der Waals surface area (Å²) in [4.78, 5) is 19.8. The van der Waals surface area contributed by atoms with Gasteiger partial charge in [0, 0.05) is 12.0 Å². The summed E-state index contributed by atoms with van der Waals surface area (Å²) in [6.07, 6.45) is 0.256. The van der Waals surface area contributed by atoms with E-state index < -0.39 is 31.5 Å².